The van der Waals surface area contributed by atoms with Gasteiger partial charge in [-0.25, -0.2) is 0 Å². The van der Waals surface area contributed by atoms with Crippen LogP contribution in [0, 0.1) is 5.92 Å². The minimum absolute atomic E-state index is 0.0455. The van der Waals surface area contributed by atoms with Crippen LogP contribution in [0.1, 0.15) is 27.7 Å². The minimum atomic E-state index is -1.85. The lowest BCUT2D eigenvalue weighted by Gasteiger charge is -2.45. The predicted octanol–water partition coefficient (Wildman–Crippen LogP) is 4.26. The van der Waals surface area contributed by atoms with E-state index < -0.39 is 8.32 Å². The molecule has 1 heterocycles. The van der Waals surface area contributed by atoms with Crippen molar-refractivity contribution in [2.24, 2.45) is 5.92 Å². The highest BCUT2D eigenvalue weighted by Crippen LogP contribution is 2.40. The molecule has 0 saturated carbocycles. The summed E-state index contributed by atoms with van der Waals surface area (Å²) >= 11 is 1.71. The lowest BCUT2D eigenvalue weighted by molar-refractivity contribution is -0.136. The van der Waals surface area contributed by atoms with E-state index in [1.54, 1.807) is 11.8 Å². The van der Waals surface area contributed by atoms with Gasteiger partial charge in [0.15, 0.2) is 8.32 Å². The van der Waals surface area contributed by atoms with Crippen molar-refractivity contribution in [2.45, 2.75) is 62.2 Å². The summed E-state index contributed by atoms with van der Waals surface area (Å²) < 4.78 is 6.41. The molecule has 1 aliphatic heterocycles. The molecule has 0 radical (unpaired) electrons. The first-order valence-corrected chi connectivity index (χ1v) is 11.6. The lowest BCUT2D eigenvalue weighted by atomic mass is 9.96. The quantitative estimate of drug-likeness (QED) is 0.644. The number of benzene rings is 1. The van der Waals surface area contributed by atoms with Gasteiger partial charge >= 0.3 is 0 Å². The average Bonchev–Trinajstić information content (AvgIpc) is 2.36. The molecule has 1 fully saturated rings. The van der Waals surface area contributed by atoms with E-state index in [1.807, 2.05) is 25.1 Å². The first-order valence-electron chi connectivity index (χ1n) is 7.82. The number of amides is 1. The Balaban J connectivity index is 2.02. The van der Waals surface area contributed by atoms with Gasteiger partial charge in [-0.2, -0.15) is 0 Å². The van der Waals surface area contributed by atoms with Gasteiger partial charge in [0.25, 0.3) is 0 Å². The molecule has 0 spiro atoms. The first-order chi connectivity index (χ1) is 10.1. The van der Waals surface area contributed by atoms with Gasteiger partial charge in [0, 0.05) is 4.90 Å². The molecule has 5 heteroatoms. The molecule has 1 aliphatic rings. The maximum atomic E-state index is 12.0. The Bertz CT molecular complexity index is 527. The van der Waals surface area contributed by atoms with E-state index in [4.69, 9.17) is 4.43 Å². The number of carbonyl (C=O) groups is 1. The number of hydrogen-bond acceptors (Lipinski definition) is 3. The Hall–Kier alpha value is -0.783. The summed E-state index contributed by atoms with van der Waals surface area (Å²) in [7, 11) is -1.85. The van der Waals surface area contributed by atoms with Gasteiger partial charge < -0.3 is 9.74 Å². The smallest absolute Gasteiger partial charge is 0.229 e. The Kier molecular flexibility index (Phi) is 5.09. The second kappa shape index (κ2) is 6.38. The maximum absolute atomic E-state index is 12.0. The lowest BCUT2D eigenvalue weighted by Crippen LogP contribution is -2.62. The summed E-state index contributed by atoms with van der Waals surface area (Å²) in [5.74, 6) is 0.0407. The highest BCUT2D eigenvalue weighted by molar-refractivity contribution is 8.00. The molecule has 1 saturated heterocycles. The molecular formula is C17H27NO2SSi. The van der Waals surface area contributed by atoms with Crippen molar-refractivity contribution >= 4 is 26.0 Å². The van der Waals surface area contributed by atoms with Gasteiger partial charge in [0.1, 0.15) is 0 Å². The van der Waals surface area contributed by atoms with Crippen LogP contribution in [-0.2, 0) is 9.22 Å². The minimum Gasteiger partial charge on any atom is -0.413 e. The fraction of sp³-hybridized carbons (Fsp3) is 0.588. The molecule has 22 heavy (non-hydrogen) atoms. The normalized spacial score (nSPS) is 23.6. The summed E-state index contributed by atoms with van der Waals surface area (Å²) in [4.78, 5) is 13.2. The second-order valence-electron chi connectivity index (χ2n) is 7.47. The van der Waals surface area contributed by atoms with E-state index in [1.165, 1.54) is 4.90 Å². The van der Waals surface area contributed by atoms with E-state index in [0.717, 1.165) is 0 Å². The molecule has 0 unspecified atom stereocenters. The van der Waals surface area contributed by atoms with Crippen molar-refractivity contribution in [3.05, 3.63) is 30.3 Å². The van der Waals surface area contributed by atoms with E-state index in [9.17, 15) is 4.79 Å². The third-order valence-electron chi connectivity index (χ3n) is 4.71. The fourth-order valence-corrected chi connectivity index (χ4v) is 4.99. The van der Waals surface area contributed by atoms with Crippen LogP contribution in [-0.4, -0.2) is 25.7 Å². The molecule has 1 N–H and O–H groups in total. The predicted molar refractivity (Wildman–Crippen MR) is 95.5 cm³/mol. The zero-order valence-electron chi connectivity index (χ0n) is 14.3. The van der Waals surface area contributed by atoms with Crippen LogP contribution in [0.4, 0.5) is 0 Å². The SMILES string of the molecule is C[C@H](O[Si](C)(C)C(C)(C)C)[C@H]1C(=O)N[C@@H]1Sc1ccccc1. The van der Waals surface area contributed by atoms with Crippen LogP contribution in [0.15, 0.2) is 35.2 Å². The van der Waals surface area contributed by atoms with Crippen molar-refractivity contribution in [3.8, 4) is 0 Å². The van der Waals surface area contributed by atoms with Gasteiger partial charge in [0.2, 0.25) is 5.91 Å². The van der Waals surface area contributed by atoms with Crippen LogP contribution in [0.5, 0.6) is 0 Å². The summed E-state index contributed by atoms with van der Waals surface area (Å²) in [6.45, 7) is 13.2. The molecule has 2 rings (SSSR count). The monoisotopic (exact) mass is 337 g/mol. The van der Waals surface area contributed by atoms with Gasteiger partial charge in [0.05, 0.1) is 17.4 Å². The standard InChI is InChI=1S/C17H27NO2SSi/c1-12(20-22(5,6)17(2,3)4)14-15(19)18-16(14)21-13-10-8-7-9-11-13/h7-12,14,16H,1-6H3,(H,18,19)/t12-,14-,16+/m0/s1. The molecule has 0 aromatic heterocycles. The Morgan fingerprint density at radius 1 is 1.23 bits per heavy atom. The number of thioether (sulfide) groups is 1. The van der Waals surface area contributed by atoms with Crippen LogP contribution in [0.25, 0.3) is 0 Å². The topological polar surface area (TPSA) is 38.3 Å². The van der Waals surface area contributed by atoms with E-state index >= 15 is 0 Å². The van der Waals surface area contributed by atoms with Crippen LogP contribution < -0.4 is 5.32 Å². The Morgan fingerprint density at radius 3 is 2.32 bits per heavy atom. The van der Waals surface area contributed by atoms with Crippen LogP contribution >= 0.6 is 11.8 Å². The van der Waals surface area contributed by atoms with Crippen molar-refractivity contribution in [1.82, 2.24) is 5.32 Å². The van der Waals surface area contributed by atoms with Crippen molar-refractivity contribution in [3.63, 3.8) is 0 Å². The van der Waals surface area contributed by atoms with Crippen molar-refractivity contribution < 1.29 is 9.22 Å². The molecule has 3 atom stereocenters. The molecule has 0 bridgehead atoms. The highest BCUT2D eigenvalue weighted by atomic mass is 32.2. The second-order valence-corrected chi connectivity index (χ2v) is 13.4. The summed E-state index contributed by atoms with van der Waals surface area (Å²) in [5, 5.41) is 3.27. The summed E-state index contributed by atoms with van der Waals surface area (Å²) in [6, 6.07) is 10.2. The zero-order chi connectivity index (χ0) is 16.5. The summed E-state index contributed by atoms with van der Waals surface area (Å²) in [6.07, 6.45) is -0.0455. The number of nitrogens with one attached hydrogen (secondary N) is 1. The Morgan fingerprint density at radius 2 is 1.82 bits per heavy atom. The zero-order valence-corrected chi connectivity index (χ0v) is 16.2. The van der Waals surface area contributed by atoms with Crippen molar-refractivity contribution in [2.75, 3.05) is 0 Å². The van der Waals surface area contributed by atoms with Gasteiger partial charge in [-0.15, -0.1) is 11.8 Å². The summed E-state index contributed by atoms with van der Waals surface area (Å²) in [5.41, 5.74) is 0. The number of rotatable bonds is 5. The van der Waals surface area contributed by atoms with E-state index in [-0.39, 0.29) is 28.3 Å². The molecule has 1 aromatic rings. The molecular weight excluding hydrogens is 310 g/mol. The number of hydrogen-bond donors (Lipinski definition) is 1. The third-order valence-corrected chi connectivity index (χ3v) is 10.5. The highest BCUT2D eigenvalue weighted by Gasteiger charge is 2.47. The molecule has 122 valence electrons. The number of β-lactam (4-membered cyclic amide) rings is 1. The van der Waals surface area contributed by atoms with Gasteiger partial charge in [-0.3, -0.25) is 4.79 Å². The Labute approximate surface area is 139 Å². The number of carbonyl (C=O) groups excluding carboxylic acids is 1. The fourth-order valence-electron chi connectivity index (χ4n) is 2.29. The van der Waals surface area contributed by atoms with Crippen molar-refractivity contribution in [1.29, 1.82) is 0 Å². The largest absolute Gasteiger partial charge is 0.413 e. The van der Waals surface area contributed by atoms with Gasteiger partial charge in [-0.05, 0) is 37.2 Å². The molecule has 0 aliphatic carbocycles. The maximum Gasteiger partial charge on any atom is 0.229 e. The molecule has 1 aromatic carbocycles. The third kappa shape index (κ3) is 3.75. The van der Waals surface area contributed by atoms with E-state index in [2.05, 4.69) is 51.3 Å². The van der Waals surface area contributed by atoms with E-state index in [0.29, 0.717) is 0 Å². The first kappa shape index (κ1) is 17.6. The van der Waals surface area contributed by atoms with Gasteiger partial charge in [-0.1, -0.05) is 39.0 Å². The van der Waals surface area contributed by atoms with Crippen LogP contribution in [0.3, 0.4) is 0 Å². The molecule has 1 amide bonds. The van der Waals surface area contributed by atoms with Crippen LogP contribution in [0.2, 0.25) is 18.1 Å². The average molecular weight is 338 g/mol. The molecule has 3 nitrogen and oxygen atoms in total.